The molecule has 1 amide bonds. The first-order valence-corrected chi connectivity index (χ1v) is 10.2. The summed E-state index contributed by atoms with van der Waals surface area (Å²) < 4.78 is 7.60. The molecule has 152 valence electrons. The topological polar surface area (TPSA) is 71.9 Å². The van der Waals surface area contributed by atoms with Crippen LogP contribution in [0.25, 0.3) is 11.4 Å². The Morgan fingerprint density at radius 3 is 2.48 bits per heavy atom. The van der Waals surface area contributed by atoms with E-state index in [1.165, 1.54) is 5.56 Å². The van der Waals surface area contributed by atoms with Gasteiger partial charge in [-0.1, -0.05) is 36.8 Å². The zero-order chi connectivity index (χ0) is 20.8. The number of H-pyrrole nitrogens is 1. The van der Waals surface area contributed by atoms with Crippen LogP contribution in [-0.2, 0) is 11.3 Å². The molecule has 1 aromatic heterocycles. The van der Waals surface area contributed by atoms with Crippen molar-refractivity contribution in [2.45, 2.75) is 39.8 Å². The Morgan fingerprint density at radius 1 is 1.17 bits per heavy atom. The van der Waals surface area contributed by atoms with Gasteiger partial charge in [0, 0.05) is 5.56 Å². The van der Waals surface area contributed by atoms with Crippen LogP contribution >= 0.6 is 12.2 Å². The smallest absolute Gasteiger partial charge is 0.240 e. The summed E-state index contributed by atoms with van der Waals surface area (Å²) in [6, 6.07) is 15.8. The molecule has 0 spiro atoms. The summed E-state index contributed by atoms with van der Waals surface area (Å²) in [7, 11) is 0. The predicted octanol–water partition coefficient (Wildman–Crippen LogP) is 4.58. The average molecular weight is 411 g/mol. The quantitative estimate of drug-likeness (QED) is 0.533. The summed E-state index contributed by atoms with van der Waals surface area (Å²) in [5.74, 6) is 1.30. The Labute approximate surface area is 175 Å². The van der Waals surface area contributed by atoms with Gasteiger partial charge in [-0.25, -0.2) is 0 Å². The third-order valence-electron chi connectivity index (χ3n) is 4.71. The van der Waals surface area contributed by atoms with Crippen LogP contribution in [0.4, 0.5) is 0 Å². The summed E-state index contributed by atoms with van der Waals surface area (Å²) >= 11 is 5.35. The van der Waals surface area contributed by atoms with Crippen molar-refractivity contribution >= 4 is 18.1 Å². The molecule has 1 heterocycles. The lowest BCUT2D eigenvalue weighted by Gasteiger charge is -2.18. The molecule has 3 rings (SSSR count). The number of benzene rings is 2. The summed E-state index contributed by atoms with van der Waals surface area (Å²) in [5, 5.41) is 10.2. The number of amides is 1. The zero-order valence-electron chi connectivity index (χ0n) is 16.9. The highest BCUT2D eigenvalue weighted by Gasteiger charge is 2.16. The molecule has 6 nitrogen and oxygen atoms in total. The molecule has 29 heavy (non-hydrogen) atoms. The number of nitrogens with one attached hydrogen (secondary N) is 2. The molecule has 0 bridgehead atoms. The fraction of sp³-hybridized carbons (Fsp3) is 0.318. The maximum atomic E-state index is 12.8. The van der Waals surface area contributed by atoms with Crippen LogP contribution < -0.4 is 10.1 Å². The van der Waals surface area contributed by atoms with E-state index in [4.69, 9.17) is 17.0 Å². The molecular weight excluding hydrogens is 384 g/mol. The fourth-order valence-corrected chi connectivity index (χ4v) is 3.35. The number of hydrogen-bond donors (Lipinski definition) is 2. The molecule has 7 heteroatoms. The summed E-state index contributed by atoms with van der Waals surface area (Å²) in [6.07, 6.45) is 0.803. The van der Waals surface area contributed by atoms with E-state index in [0.717, 1.165) is 23.3 Å². The van der Waals surface area contributed by atoms with E-state index in [1.54, 1.807) is 4.57 Å². The van der Waals surface area contributed by atoms with Crippen molar-refractivity contribution in [2.24, 2.45) is 0 Å². The van der Waals surface area contributed by atoms with Gasteiger partial charge in [0.05, 0.1) is 12.6 Å². The first kappa shape index (κ1) is 20.8. The van der Waals surface area contributed by atoms with E-state index in [2.05, 4.69) is 46.7 Å². The second-order valence-electron chi connectivity index (χ2n) is 6.83. The summed E-state index contributed by atoms with van der Waals surface area (Å²) in [5.41, 5.74) is 3.15. The molecule has 1 unspecified atom stereocenters. The van der Waals surface area contributed by atoms with Crippen LogP contribution in [-0.4, -0.2) is 27.3 Å². The molecule has 0 saturated carbocycles. The van der Waals surface area contributed by atoms with Crippen molar-refractivity contribution in [1.29, 1.82) is 0 Å². The Bertz CT molecular complexity index is 1010. The van der Waals surface area contributed by atoms with Gasteiger partial charge in [0.25, 0.3) is 0 Å². The van der Waals surface area contributed by atoms with Crippen molar-refractivity contribution in [3.63, 3.8) is 0 Å². The second-order valence-corrected chi connectivity index (χ2v) is 7.22. The molecule has 2 N–H and O–H groups in total. The molecule has 0 fully saturated rings. The van der Waals surface area contributed by atoms with Gasteiger partial charge in [-0.05, 0) is 62.3 Å². The van der Waals surface area contributed by atoms with Gasteiger partial charge in [0.2, 0.25) is 5.91 Å². The summed E-state index contributed by atoms with van der Waals surface area (Å²) in [4.78, 5) is 12.8. The number of aryl methyl sites for hydroxylation is 1. The van der Waals surface area contributed by atoms with E-state index in [-0.39, 0.29) is 18.5 Å². The number of nitrogens with zero attached hydrogens (tertiary/aromatic N) is 2. The average Bonchev–Trinajstić information content (AvgIpc) is 3.08. The van der Waals surface area contributed by atoms with E-state index in [9.17, 15) is 4.79 Å². The minimum atomic E-state index is -0.109. The van der Waals surface area contributed by atoms with E-state index >= 15 is 0 Å². The lowest BCUT2D eigenvalue weighted by Crippen LogP contribution is -2.31. The molecule has 3 aromatic rings. The van der Waals surface area contributed by atoms with Crippen LogP contribution in [0, 0.1) is 11.7 Å². The highest BCUT2D eigenvalue weighted by atomic mass is 32.1. The molecule has 0 aliphatic carbocycles. The standard InChI is InChI=1S/C22H26N4O2S/c1-4-19(16-8-6-15(3)7-9-16)23-20(27)14-26-21(24-25-22(26)29)17-10-12-18(13-11-17)28-5-2/h6-13,19H,4-5,14H2,1-3H3,(H,23,27)(H,25,29). The number of carbonyl (C=O) groups excluding carboxylic acids is 1. The number of carbonyl (C=O) groups is 1. The first-order chi connectivity index (χ1) is 14.0. The molecular formula is C22H26N4O2S. The Morgan fingerprint density at radius 2 is 1.86 bits per heavy atom. The highest BCUT2D eigenvalue weighted by Crippen LogP contribution is 2.22. The van der Waals surface area contributed by atoms with E-state index in [1.807, 2.05) is 38.1 Å². The van der Waals surface area contributed by atoms with Crippen LogP contribution in [0.3, 0.4) is 0 Å². The largest absolute Gasteiger partial charge is 0.494 e. The Hall–Kier alpha value is -2.93. The van der Waals surface area contributed by atoms with Gasteiger partial charge >= 0.3 is 0 Å². The van der Waals surface area contributed by atoms with E-state index < -0.39 is 0 Å². The van der Waals surface area contributed by atoms with Gasteiger partial charge < -0.3 is 10.1 Å². The molecule has 0 radical (unpaired) electrons. The number of aromatic nitrogens is 3. The van der Waals surface area contributed by atoms with Gasteiger partial charge in [0.1, 0.15) is 12.3 Å². The van der Waals surface area contributed by atoms with E-state index in [0.29, 0.717) is 17.2 Å². The number of rotatable bonds is 8. The second kappa shape index (κ2) is 9.52. The van der Waals surface area contributed by atoms with Crippen molar-refractivity contribution in [3.05, 3.63) is 64.4 Å². The molecule has 0 aliphatic heterocycles. The van der Waals surface area contributed by atoms with Crippen LogP contribution in [0.1, 0.15) is 37.4 Å². The van der Waals surface area contributed by atoms with Crippen molar-refractivity contribution in [3.8, 4) is 17.1 Å². The van der Waals surface area contributed by atoms with Crippen molar-refractivity contribution in [1.82, 2.24) is 20.1 Å². The van der Waals surface area contributed by atoms with Crippen LogP contribution in [0.5, 0.6) is 5.75 Å². The lowest BCUT2D eigenvalue weighted by atomic mass is 10.0. The van der Waals surface area contributed by atoms with Crippen LogP contribution in [0.2, 0.25) is 0 Å². The number of aromatic amines is 1. The van der Waals surface area contributed by atoms with Crippen molar-refractivity contribution in [2.75, 3.05) is 6.61 Å². The molecule has 1 atom stereocenters. The maximum absolute atomic E-state index is 12.8. The van der Waals surface area contributed by atoms with Crippen molar-refractivity contribution < 1.29 is 9.53 Å². The SMILES string of the molecule is CCOc1ccc(-c2n[nH]c(=S)n2CC(=O)NC(CC)c2ccc(C)cc2)cc1. The number of hydrogen-bond acceptors (Lipinski definition) is 4. The third kappa shape index (κ3) is 5.12. The maximum Gasteiger partial charge on any atom is 0.240 e. The zero-order valence-corrected chi connectivity index (χ0v) is 17.8. The number of ether oxygens (including phenoxy) is 1. The minimum Gasteiger partial charge on any atom is -0.494 e. The summed E-state index contributed by atoms with van der Waals surface area (Å²) in [6.45, 7) is 6.75. The normalized spacial score (nSPS) is 11.8. The Kier molecular flexibility index (Phi) is 6.82. The minimum absolute atomic E-state index is 0.0434. The van der Waals surface area contributed by atoms with Gasteiger partial charge in [-0.15, -0.1) is 0 Å². The van der Waals surface area contributed by atoms with Crippen LogP contribution in [0.15, 0.2) is 48.5 Å². The monoisotopic (exact) mass is 410 g/mol. The third-order valence-corrected chi connectivity index (χ3v) is 5.02. The lowest BCUT2D eigenvalue weighted by molar-refractivity contribution is -0.122. The van der Waals surface area contributed by atoms with Gasteiger partial charge in [0.15, 0.2) is 10.6 Å². The molecule has 0 aliphatic rings. The molecule has 2 aromatic carbocycles. The Balaban J connectivity index is 1.76. The predicted molar refractivity (Wildman–Crippen MR) is 116 cm³/mol. The first-order valence-electron chi connectivity index (χ1n) is 9.76. The van der Waals surface area contributed by atoms with Gasteiger partial charge in [-0.2, -0.15) is 5.10 Å². The fourth-order valence-electron chi connectivity index (χ4n) is 3.16. The highest BCUT2D eigenvalue weighted by molar-refractivity contribution is 7.71. The molecule has 0 saturated heterocycles. The van der Waals surface area contributed by atoms with Gasteiger partial charge in [-0.3, -0.25) is 14.5 Å².